The number of hydrogen-bond acceptors (Lipinski definition) is 10. The fraction of sp³-hybridized carbons (Fsp3) is 0.364. The van der Waals surface area contributed by atoms with Gasteiger partial charge >= 0.3 is 0 Å². The number of rotatable bonds is 7. The van der Waals surface area contributed by atoms with Crippen molar-refractivity contribution in [3.8, 4) is 34.5 Å². The van der Waals surface area contributed by atoms with Crippen molar-refractivity contribution < 1.29 is 9.53 Å². The van der Waals surface area contributed by atoms with Gasteiger partial charge in [0.25, 0.3) is 0 Å². The van der Waals surface area contributed by atoms with Gasteiger partial charge in [0.05, 0.1) is 43.1 Å². The van der Waals surface area contributed by atoms with Crippen LogP contribution in [0.1, 0.15) is 49.3 Å². The first-order valence-corrected chi connectivity index (χ1v) is 15.4. The highest BCUT2D eigenvalue weighted by Crippen LogP contribution is 2.36. The smallest absolute Gasteiger partial charge is 0.212 e. The molecule has 1 saturated carbocycles. The van der Waals surface area contributed by atoms with E-state index in [1.165, 1.54) is 12.0 Å². The van der Waals surface area contributed by atoms with Crippen molar-refractivity contribution in [1.82, 2.24) is 39.2 Å². The molecule has 12 heteroatoms. The topological polar surface area (TPSA) is 130 Å². The van der Waals surface area contributed by atoms with Gasteiger partial charge in [0.2, 0.25) is 5.88 Å². The molecule has 0 N–H and O–H groups in total. The van der Waals surface area contributed by atoms with E-state index < -0.39 is 0 Å². The number of fused-ring (bicyclic) bond motifs is 3. The lowest BCUT2D eigenvalue weighted by atomic mass is 9.87. The number of carbonyl (C=O) groups is 1. The second-order valence-corrected chi connectivity index (χ2v) is 12.2. The van der Waals surface area contributed by atoms with Gasteiger partial charge in [-0.1, -0.05) is 6.07 Å². The lowest BCUT2D eigenvalue weighted by Crippen LogP contribution is -2.68. The van der Waals surface area contributed by atoms with E-state index in [0.717, 1.165) is 49.4 Å². The average molecular weight is 601 g/mol. The standard InChI is InChI=1S/C33H32N10O2/c1-45-31-9-2-21(12-36-31)16-41-26-10-27(41)19-40(18-26)30-8-3-22(13-35-30)32-33-23(11-34)14-38-43(33)20-29(39-32)24-15-37-42(17-24)25-4-6-28(44)7-5-25/h2-3,8-9,12-15,17,20,25-27H,4-7,10,16,18-19H2,1H3. The molecule has 4 fully saturated rings. The summed E-state index contributed by atoms with van der Waals surface area (Å²) in [5, 5.41) is 18.9. The number of methoxy groups -OCH3 is 1. The van der Waals surface area contributed by atoms with Gasteiger partial charge in [-0.3, -0.25) is 14.4 Å². The molecule has 0 aromatic carbocycles. The summed E-state index contributed by atoms with van der Waals surface area (Å²) in [7, 11) is 1.63. The summed E-state index contributed by atoms with van der Waals surface area (Å²) in [5.74, 6) is 1.89. The quantitative estimate of drug-likeness (QED) is 0.269. The number of piperidine rings is 1. The predicted molar refractivity (Wildman–Crippen MR) is 165 cm³/mol. The number of Topliss-reactive ketones (excluding diaryl/α,β-unsaturated/α-hetero) is 1. The summed E-state index contributed by atoms with van der Waals surface area (Å²) < 4.78 is 8.86. The van der Waals surface area contributed by atoms with Crippen LogP contribution in [0.2, 0.25) is 0 Å². The van der Waals surface area contributed by atoms with Gasteiger partial charge in [-0.05, 0) is 37.0 Å². The number of nitriles is 1. The van der Waals surface area contributed by atoms with E-state index in [0.29, 0.717) is 59.1 Å². The zero-order valence-electron chi connectivity index (χ0n) is 25.0. The molecule has 0 radical (unpaired) electrons. The lowest BCUT2D eigenvalue weighted by Gasteiger charge is -2.56. The normalized spacial score (nSPS) is 20.3. The molecule has 2 unspecified atom stereocenters. The molecule has 12 nitrogen and oxygen atoms in total. The minimum atomic E-state index is 0.207. The molecule has 2 bridgehead atoms. The monoisotopic (exact) mass is 600 g/mol. The highest BCUT2D eigenvalue weighted by molar-refractivity contribution is 5.83. The summed E-state index contributed by atoms with van der Waals surface area (Å²) in [6, 6.07) is 11.5. The Balaban J connectivity index is 1.03. The van der Waals surface area contributed by atoms with Crippen LogP contribution in [-0.2, 0) is 11.3 Å². The van der Waals surface area contributed by atoms with Gasteiger partial charge in [-0.2, -0.15) is 15.5 Å². The third kappa shape index (κ3) is 4.99. The van der Waals surface area contributed by atoms with Crippen LogP contribution < -0.4 is 9.64 Å². The minimum absolute atomic E-state index is 0.207. The zero-order valence-corrected chi connectivity index (χ0v) is 25.0. The van der Waals surface area contributed by atoms with Gasteiger partial charge in [0.15, 0.2) is 0 Å². The van der Waals surface area contributed by atoms with Crippen LogP contribution in [-0.4, -0.2) is 77.3 Å². The molecule has 3 saturated heterocycles. The number of carbonyl (C=O) groups excluding carboxylic acids is 1. The number of hydrogen-bond donors (Lipinski definition) is 0. The van der Waals surface area contributed by atoms with E-state index in [1.807, 2.05) is 47.7 Å². The number of ketones is 1. The molecule has 226 valence electrons. The van der Waals surface area contributed by atoms with Crippen molar-refractivity contribution in [3.05, 3.63) is 72.6 Å². The van der Waals surface area contributed by atoms with E-state index in [1.54, 1.807) is 24.0 Å². The summed E-state index contributed by atoms with van der Waals surface area (Å²) in [5.41, 5.74) is 5.33. The number of nitrogens with zero attached hydrogens (tertiary/aromatic N) is 10. The highest BCUT2D eigenvalue weighted by Gasteiger charge is 2.44. The number of anilines is 1. The molecule has 3 aliphatic heterocycles. The first kappa shape index (κ1) is 27.4. The van der Waals surface area contributed by atoms with Crippen molar-refractivity contribution in [2.24, 2.45) is 0 Å². The summed E-state index contributed by atoms with van der Waals surface area (Å²) >= 11 is 0. The van der Waals surface area contributed by atoms with Crippen molar-refractivity contribution >= 4 is 17.1 Å². The van der Waals surface area contributed by atoms with Crippen molar-refractivity contribution in [1.29, 1.82) is 5.26 Å². The predicted octanol–water partition coefficient (Wildman–Crippen LogP) is 4.08. The Morgan fingerprint density at radius 1 is 0.933 bits per heavy atom. The van der Waals surface area contributed by atoms with E-state index in [-0.39, 0.29) is 6.04 Å². The number of ether oxygens (including phenoxy) is 1. The third-order valence-corrected chi connectivity index (χ3v) is 9.46. The molecule has 45 heavy (non-hydrogen) atoms. The summed E-state index contributed by atoms with van der Waals surface area (Å²) in [4.78, 5) is 30.9. The zero-order chi connectivity index (χ0) is 30.5. The molecule has 4 aliphatic rings. The molecule has 2 atom stereocenters. The second-order valence-electron chi connectivity index (χ2n) is 12.2. The molecule has 8 heterocycles. The van der Waals surface area contributed by atoms with Crippen LogP contribution in [0.25, 0.3) is 28.0 Å². The fourth-order valence-electron chi connectivity index (χ4n) is 6.98. The molecule has 0 spiro atoms. The molecular weight excluding hydrogens is 568 g/mol. The van der Waals surface area contributed by atoms with Crippen LogP contribution in [0.15, 0.2) is 61.4 Å². The largest absolute Gasteiger partial charge is 0.481 e. The van der Waals surface area contributed by atoms with Gasteiger partial charge < -0.3 is 9.64 Å². The molecule has 5 aromatic rings. The molecular formula is C33H32N10O2. The maximum absolute atomic E-state index is 11.7. The van der Waals surface area contributed by atoms with Gasteiger partial charge in [-0.25, -0.2) is 19.5 Å². The minimum Gasteiger partial charge on any atom is -0.481 e. The molecule has 1 aliphatic carbocycles. The Bertz CT molecular complexity index is 1900. The molecule has 5 aromatic heterocycles. The fourth-order valence-corrected chi connectivity index (χ4v) is 6.98. The third-order valence-electron chi connectivity index (χ3n) is 9.46. The first-order valence-electron chi connectivity index (χ1n) is 15.4. The van der Waals surface area contributed by atoms with Crippen LogP contribution in [0.4, 0.5) is 5.82 Å². The average Bonchev–Trinajstić information content (AvgIpc) is 3.75. The first-order chi connectivity index (χ1) is 22.1. The summed E-state index contributed by atoms with van der Waals surface area (Å²) in [6.45, 7) is 2.73. The van der Waals surface area contributed by atoms with Gasteiger partial charge in [0, 0.05) is 80.3 Å². The van der Waals surface area contributed by atoms with Crippen LogP contribution in [0.3, 0.4) is 0 Å². The summed E-state index contributed by atoms with van der Waals surface area (Å²) in [6.07, 6.45) is 14.9. The SMILES string of the molecule is COc1ccc(CN2C3CC2CN(c2ccc(-c4nc(-c5cnn(C6CCC(=O)CC6)c5)cn5ncc(C#N)c45)cn2)C3)cn1. The number of piperazine rings is 1. The van der Waals surface area contributed by atoms with Gasteiger partial charge in [0.1, 0.15) is 28.8 Å². The van der Waals surface area contributed by atoms with E-state index >= 15 is 0 Å². The van der Waals surface area contributed by atoms with Crippen molar-refractivity contribution in [2.75, 3.05) is 25.1 Å². The highest BCUT2D eigenvalue weighted by atomic mass is 16.5. The maximum atomic E-state index is 11.7. The van der Waals surface area contributed by atoms with Crippen LogP contribution in [0.5, 0.6) is 5.88 Å². The van der Waals surface area contributed by atoms with Crippen molar-refractivity contribution in [2.45, 2.75) is 56.8 Å². The Hall–Kier alpha value is -5.15. The van der Waals surface area contributed by atoms with E-state index in [2.05, 4.69) is 37.1 Å². The van der Waals surface area contributed by atoms with Crippen molar-refractivity contribution in [3.63, 3.8) is 0 Å². The number of aromatic nitrogens is 7. The van der Waals surface area contributed by atoms with Crippen LogP contribution >= 0.6 is 0 Å². The van der Waals surface area contributed by atoms with E-state index in [4.69, 9.17) is 14.7 Å². The molecule has 9 rings (SSSR count). The Labute approximate surface area is 259 Å². The second kappa shape index (κ2) is 11.1. The Kier molecular flexibility index (Phi) is 6.75. The maximum Gasteiger partial charge on any atom is 0.212 e. The lowest BCUT2D eigenvalue weighted by molar-refractivity contribution is -0.120. The Morgan fingerprint density at radius 3 is 2.49 bits per heavy atom. The van der Waals surface area contributed by atoms with Crippen LogP contribution in [0, 0.1) is 11.3 Å². The van der Waals surface area contributed by atoms with Gasteiger partial charge in [-0.15, -0.1) is 0 Å². The van der Waals surface area contributed by atoms with E-state index in [9.17, 15) is 10.1 Å². The number of pyridine rings is 2. The molecule has 0 amide bonds. The Morgan fingerprint density at radius 2 is 1.78 bits per heavy atom.